The second-order valence-corrected chi connectivity index (χ2v) is 4.24. The maximum atomic E-state index is 11.9. The largest absolute Gasteiger partial charge is 0.435 e. The van der Waals surface area contributed by atoms with E-state index in [1.807, 2.05) is 0 Å². The molecule has 0 radical (unpaired) electrons. The van der Waals surface area contributed by atoms with Crippen LogP contribution in [0.15, 0.2) is 24.3 Å². The van der Waals surface area contributed by atoms with Gasteiger partial charge in [-0.3, -0.25) is 4.79 Å². The molecule has 1 aromatic rings. The van der Waals surface area contributed by atoms with Gasteiger partial charge < -0.3 is 20.5 Å². The molecule has 104 valence electrons. The predicted molar refractivity (Wildman–Crippen MR) is 64.1 cm³/mol. The summed E-state index contributed by atoms with van der Waals surface area (Å²) in [5.41, 5.74) is 0.481. The van der Waals surface area contributed by atoms with Gasteiger partial charge in [0.05, 0.1) is 12.1 Å². The predicted octanol–water partition coefficient (Wildman–Crippen LogP) is 0.949. The summed E-state index contributed by atoms with van der Waals surface area (Å²) < 4.78 is 28.1. The number of aliphatic hydroxyl groups excluding tert-OH is 1. The summed E-state index contributed by atoms with van der Waals surface area (Å²) in [6.07, 6.45) is -0.157. The maximum Gasteiger partial charge on any atom is 0.387 e. The molecule has 5 nitrogen and oxygen atoms in total. The van der Waals surface area contributed by atoms with Crippen molar-refractivity contribution >= 4 is 11.6 Å². The molecule has 1 saturated heterocycles. The van der Waals surface area contributed by atoms with Crippen LogP contribution in [0.2, 0.25) is 0 Å². The Morgan fingerprint density at radius 1 is 1.42 bits per heavy atom. The van der Waals surface area contributed by atoms with Crippen LogP contribution in [-0.4, -0.2) is 36.3 Å². The lowest BCUT2D eigenvalue weighted by Crippen LogP contribution is -2.35. The van der Waals surface area contributed by atoms with Gasteiger partial charge in [-0.1, -0.05) is 0 Å². The van der Waals surface area contributed by atoms with Gasteiger partial charge in [-0.2, -0.15) is 8.78 Å². The van der Waals surface area contributed by atoms with E-state index < -0.39 is 18.8 Å². The topological polar surface area (TPSA) is 70.6 Å². The van der Waals surface area contributed by atoms with E-state index in [0.717, 1.165) is 0 Å². The van der Waals surface area contributed by atoms with Gasteiger partial charge in [0.25, 0.3) is 0 Å². The fourth-order valence-electron chi connectivity index (χ4n) is 1.87. The lowest BCUT2D eigenvalue weighted by molar-refractivity contribution is -0.117. The zero-order chi connectivity index (χ0) is 13.8. The standard InChI is InChI=1S/C12H14F2N2O3/c13-12(14)19-9-3-1-7(2-4-9)16-11(18)10-5-8(17)6-15-10/h1-4,8,10,12,15,17H,5-6H2,(H,16,18). The van der Waals surface area contributed by atoms with Crippen LogP contribution in [0.5, 0.6) is 5.75 Å². The monoisotopic (exact) mass is 272 g/mol. The summed E-state index contributed by atoms with van der Waals surface area (Å²) in [4.78, 5) is 11.8. The third-order valence-electron chi connectivity index (χ3n) is 2.77. The van der Waals surface area contributed by atoms with Crippen molar-refractivity contribution in [2.75, 3.05) is 11.9 Å². The number of rotatable bonds is 4. The third kappa shape index (κ3) is 3.87. The summed E-state index contributed by atoms with van der Waals surface area (Å²) in [6, 6.07) is 5.20. The van der Waals surface area contributed by atoms with Crippen molar-refractivity contribution in [2.45, 2.75) is 25.2 Å². The average Bonchev–Trinajstić information content (AvgIpc) is 2.78. The number of benzene rings is 1. The zero-order valence-corrected chi connectivity index (χ0v) is 9.98. The van der Waals surface area contributed by atoms with Crippen molar-refractivity contribution in [1.82, 2.24) is 5.32 Å². The number of carbonyl (C=O) groups is 1. The second-order valence-electron chi connectivity index (χ2n) is 4.24. The molecule has 19 heavy (non-hydrogen) atoms. The van der Waals surface area contributed by atoms with Crippen molar-refractivity contribution in [3.63, 3.8) is 0 Å². The lowest BCUT2D eigenvalue weighted by atomic mass is 10.2. The molecule has 1 aliphatic rings. The van der Waals surface area contributed by atoms with Crippen molar-refractivity contribution in [1.29, 1.82) is 0 Å². The Hall–Kier alpha value is -1.73. The van der Waals surface area contributed by atoms with Gasteiger partial charge in [0.15, 0.2) is 0 Å². The quantitative estimate of drug-likeness (QED) is 0.763. The molecule has 7 heteroatoms. The third-order valence-corrected chi connectivity index (χ3v) is 2.77. The van der Waals surface area contributed by atoms with Crippen LogP contribution < -0.4 is 15.4 Å². The summed E-state index contributed by atoms with van der Waals surface area (Å²) in [5.74, 6) is -0.235. The first kappa shape index (κ1) is 13.7. The van der Waals surface area contributed by atoms with E-state index in [9.17, 15) is 18.7 Å². The van der Waals surface area contributed by atoms with E-state index in [4.69, 9.17) is 0 Å². The molecule has 1 aromatic carbocycles. The summed E-state index contributed by atoms with van der Waals surface area (Å²) >= 11 is 0. The Kier molecular flexibility index (Phi) is 4.28. The van der Waals surface area contributed by atoms with Gasteiger partial charge in [0.1, 0.15) is 5.75 Å². The van der Waals surface area contributed by atoms with Gasteiger partial charge in [-0.15, -0.1) is 0 Å². The number of carbonyl (C=O) groups excluding carboxylic acids is 1. The summed E-state index contributed by atoms with van der Waals surface area (Å²) in [6.45, 7) is -2.48. The van der Waals surface area contributed by atoms with E-state index in [-0.39, 0.29) is 11.7 Å². The van der Waals surface area contributed by atoms with E-state index in [1.165, 1.54) is 24.3 Å². The highest BCUT2D eigenvalue weighted by Gasteiger charge is 2.27. The van der Waals surface area contributed by atoms with Crippen molar-refractivity contribution in [3.05, 3.63) is 24.3 Å². The van der Waals surface area contributed by atoms with Gasteiger partial charge in [-0.05, 0) is 30.7 Å². The highest BCUT2D eigenvalue weighted by atomic mass is 19.3. The van der Waals surface area contributed by atoms with Gasteiger partial charge in [0.2, 0.25) is 5.91 Å². The van der Waals surface area contributed by atoms with E-state index in [1.54, 1.807) is 0 Å². The lowest BCUT2D eigenvalue weighted by Gasteiger charge is -2.11. The molecule has 0 aromatic heterocycles. The number of amides is 1. The number of nitrogens with one attached hydrogen (secondary N) is 2. The maximum absolute atomic E-state index is 11.9. The van der Waals surface area contributed by atoms with Gasteiger partial charge in [-0.25, -0.2) is 0 Å². The summed E-state index contributed by atoms with van der Waals surface area (Å²) in [5, 5.41) is 14.8. The molecule has 3 N–H and O–H groups in total. The molecule has 2 rings (SSSR count). The van der Waals surface area contributed by atoms with E-state index >= 15 is 0 Å². The molecule has 0 bridgehead atoms. The zero-order valence-electron chi connectivity index (χ0n) is 9.98. The number of hydrogen-bond donors (Lipinski definition) is 3. The normalized spacial score (nSPS) is 22.5. The fraction of sp³-hybridized carbons (Fsp3) is 0.417. The number of alkyl halides is 2. The molecule has 2 unspecified atom stereocenters. The smallest absolute Gasteiger partial charge is 0.387 e. The first-order valence-corrected chi connectivity index (χ1v) is 5.82. The number of β-amino-alcohol motifs (C(OH)–C–C–N with tert-alkyl or cyclic N) is 1. The average molecular weight is 272 g/mol. The molecule has 1 aliphatic heterocycles. The molecule has 1 fully saturated rings. The van der Waals surface area contributed by atoms with Crippen LogP contribution >= 0.6 is 0 Å². The van der Waals surface area contributed by atoms with Crippen LogP contribution in [0, 0.1) is 0 Å². The number of hydrogen-bond acceptors (Lipinski definition) is 4. The molecular formula is C12H14F2N2O3. The Labute approximate surface area is 108 Å². The second kappa shape index (κ2) is 5.94. The number of ether oxygens (including phenoxy) is 1. The molecule has 0 spiro atoms. The molecule has 1 heterocycles. The molecular weight excluding hydrogens is 258 g/mol. The Morgan fingerprint density at radius 2 is 2.11 bits per heavy atom. The van der Waals surface area contributed by atoms with Crippen molar-refractivity contribution in [3.8, 4) is 5.75 Å². The van der Waals surface area contributed by atoms with Crippen LogP contribution in [0.1, 0.15) is 6.42 Å². The van der Waals surface area contributed by atoms with Gasteiger partial charge >= 0.3 is 6.61 Å². The first-order valence-electron chi connectivity index (χ1n) is 5.82. The highest BCUT2D eigenvalue weighted by molar-refractivity contribution is 5.95. The minimum absolute atomic E-state index is 0.0300. The van der Waals surface area contributed by atoms with E-state index in [2.05, 4.69) is 15.4 Å². The molecule has 0 aliphatic carbocycles. The fourth-order valence-corrected chi connectivity index (χ4v) is 1.87. The SMILES string of the molecule is O=C(Nc1ccc(OC(F)F)cc1)C1CC(O)CN1. The minimum Gasteiger partial charge on any atom is -0.435 e. The Morgan fingerprint density at radius 3 is 2.63 bits per heavy atom. The van der Waals surface area contributed by atoms with Crippen LogP contribution in [0.4, 0.5) is 14.5 Å². The number of anilines is 1. The van der Waals surface area contributed by atoms with Crippen LogP contribution in [0.3, 0.4) is 0 Å². The van der Waals surface area contributed by atoms with Gasteiger partial charge in [0, 0.05) is 12.2 Å². The number of aliphatic hydroxyl groups is 1. The summed E-state index contributed by atoms with van der Waals surface area (Å²) in [7, 11) is 0. The molecule has 0 saturated carbocycles. The van der Waals surface area contributed by atoms with E-state index in [0.29, 0.717) is 18.7 Å². The Balaban J connectivity index is 1.90. The van der Waals surface area contributed by atoms with Crippen molar-refractivity contribution in [2.24, 2.45) is 0 Å². The number of halogens is 2. The van der Waals surface area contributed by atoms with Crippen molar-refractivity contribution < 1.29 is 23.4 Å². The van der Waals surface area contributed by atoms with Crippen LogP contribution in [0.25, 0.3) is 0 Å². The minimum atomic E-state index is -2.87. The van der Waals surface area contributed by atoms with Crippen LogP contribution in [-0.2, 0) is 4.79 Å². The molecule has 1 amide bonds. The first-order chi connectivity index (χ1) is 9.04. The molecule has 2 atom stereocenters. The highest BCUT2D eigenvalue weighted by Crippen LogP contribution is 2.18. The Bertz CT molecular complexity index is 439.